The van der Waals surface area contributed by atoms with Gasteiger partial charge in [-0.05, 0) is 30.4 Å². The third kappa shape index (κ3) is 2.96. The first-order valence-corrected chi connectivity index (χ1v) is 7.64. The van der Waals surface area contributed by atoms with Gasteiger partial charge in [-0.3, -0.25) is 4.79 Å². The number of carbonyl (C=O) groups excluding carboxylic acids is 1. The van der Waals surface area contributed by atoms with Crippen LogP contribution in [0.2, 0.25) is 0 Å². The molecule has 1 aliphatic rings. The van der Waals surface area contributed by atoms with E-state index < -0.39 is 0 Å². The first-order valence-electron chi connectivity index (χ1n) is 6.70. The molecule has 0 saturated carbocycles. The van der Waals surface area contributed by atoms with Crippen LogP contribution in [-0.4, -0.2) is 29.0 Å². The fourth-order valence-electron chi connectivity index (χ4n) is 2.25. The van der Waals surface area contributed by atoms with E-state index in [0.717, 1.165) is 18.9 Å². The maximum Gasteiger partial charge on any atom is 0.252 e. The lowest BCUT2D eigenvalue weighted by Gasteiger charge is -2.16. The number of nitrogens with zero attached hydrogens (tertiary/aromatic N) is 3. The Morgan fingerprint density at radius 2 is 2.20 bits per heavy atom. The summed E-state index contributed by atoms with van der Waals surface area (Å²) in [6.45, 7) is 2.46. The Labute approximate surface area is 121 Å². The number of thiophene rings is 1. The van der Waals surface area contributed by atoms with Gasteiger partial charge in [0.15, 0.2) is 0 Å². The Morgan fingerprint density at radius 1 is 1.35 bits per heavy atom. The molecule has 1 amide bonds. The predicted octanol–water partition coefficient (Wildman–Crippen LogP) is 2.07. The Bertz CT molecular complexity index is 579. The van der Waals surface area contributed by atoms with Crippen LogP contribution in [0, 0.1) is 0 Å². The first-order chi connectivity index (χ1) is 9.83. The molecule has 0 spiro atoms. The summed E-state index contributed by atoms with van der Waals surface area (Å²) in [4.78, 5) is 22.8. The SMILES string of the molecule is O=C(NCc1nccc(N2CCCC2)n1)c1ccsc1. The number of nitrogens with one attached hydrogen (secondary N) is 1. The average molecular weight is 288 g/mol. The van der Waals surface area contributed by atoms with Crippen molar-refractivity contribution in [1.29, 1.82) is 0 Å². The van der Waals surface area contributed by atoms with E-state index in [9.17, 15) is 4.79 Å². The number of carbonyl (C=O) groups is 1. The summed E-state index contributed by atoms with van der Waals surface area (Å²) >= 11 is 1.51. The van der Waals surface area contributed by atoms with E-state index in [4.69, 9.17) is 0 Å². The molecule has 20 heavy (non-hydrogen) atoms. The van der Waals surface area contributed by atoms with E-state index in [1.165, 1.54) is 24.2 Å². The van der Waals surface area contributed by atoms with Crippen LogP contribution in [0.3, 0.4) is 0 Å². The van der Waals surface area contributed by atoms with Gasteiger partial charge in [-0.15, -0.1) is 0 Å². The Kier molecular flexibility index (Phi) is 3.92. The molecule has 2 aromatic heterocycles. The molecular formula is C14H16N4OS. The van der Waals surface area contributed by atoms with Gasteiger partial charge in [-0.25, -0.2) is 9.97 Å². The summed E-state index contributed by atoms with van der Waals surface area (Å²) in [5.41, 5.74) is 0.686. The van der Waals surface area contributed by atoms with Crippen LogP contribution in [0.1, 0.15) is 29.0 Å². The number of amides is 1. The van der Waals surface area contributed by atoms with Gasteiger partial charge in [-0.2, -0.15) is 11.3 Å². The van der Waals surface area contributed by atoms with Crippen molar-refractivity contribution in [2.45, 2.75) is 19.4 Å². The van der Waals surface area contributed by atoms with Gasteiger partial charge in [0.05, 0.1) is 6.54 Å². The molecule has 6 heteroatoms. The summed E-state index contributed by atoms with van der Waals surface area (Å²) in [6, 6.07) is 3.73. The second-order valence-corrected chi connectivity index (χ2v) is 5.50. The molecule has 1 N–H and O–H groups in total. The minimum Gasteiger partial charge on any atom is -0.357 e. The molecule has 104 valence electrons. The van der Waals surface area contributed by atoms with Crippen molar-refractivity contribution >= 4 is 23.1 Å². The number of hydrogen-bond acceptors (Lipinski definition) is 5. The van der Waals surface area contributed by atoms with Gasteiger partial charge in [0.2, 0.25) is 0 Å². The number of aromatic nitrogens is 2. The van der Waals surface area contributed by atoms with Crippen molar-refractivity contribution in [3.8, 4) is 0 Å². The second-order valence-electron chi connectivity index (χ2n) is 4.72. The molecule has 1 saturated heterocycles. The van der Waals surface area contributed by atoms with Gasteiger partial charge in [0, 0.05) is 30.2 Å². The van der Waals surface area contributed by atoms with E-state index in [1.807, 2.05) is 22.9 Å². The predicted molar refractivity (Wildman–Crippen MR) is 79.0 cm³/mol. The standard InChI is InChI=1S/C14H16N4OS/c19-14(11-4-8-20-10-11)16-9-12-15-5-3-13(17-12)18-6-1-2-7-18/h3-5,8,10H,1-2,6-7,9H2,(H,16,19). The van der Waals surface area contributed by atoms with E-state index >= 15 is 0 Å². The van der Waals surface area contributed by atoms with E-state index in [2.05, 4.69) is 20.2 Å². The van der Waals surface area contributed by atoms with E-state index in [1.54, 1.807) is 6.20 Å². The molecule has 1 aliphatic heterocycles. The third-order valence-corrected chi connectivity index (χ3v) is 3.99. The van der Waals surface area contributed by atoms with Crippen molar-refractivity contribution in [2.75, 3.05) is 18.0 Å². The van der Waals surface area contributed by atoms with Gasteiger partial charge in [0.25, 0.3) is 5.91 Å². The summed E-state index contributed by atoms with van der Waals surface area (Å²) in [5, 5.41) is 6.56. The average Bonchev–Trinajstić information content (AvgIpc) is 3.17. The maximum atomic E-state index is 11.8. The Hall–Kier alpha value is -1.95. The first kappa shape index (κ1) is 13.1. The molecule has 3 rings (SSSR count). The molecule has 3 heterocycles. The highest BCUT2D eigenvalue weighted by molar-refractivity contribution is 7.08. The topological polar surface area (TPSA) is 58.1 Å². The van der Waals surface area contributed by atoms with Crippen LogP contribution in [-0.2, 0) is 6.54 Å². The van der Waals surface area contributed by atoms with E-state index in [-0.39, 0.29) is 5.91 Å². The largest absolute Gasteiger partial charge is 0.357 e. The summed E-state index contributed by atoms with van der Waals surface area (Å²) in [6.07, 6.45) is 4.19. The van der Waals surface area contributed by atoms with Gasteiger partial charge >= 0.3 is 0 Å². The Morgan fingerprint density at radius 3 is 2.95 bits per heavy atom. The zero-order valence-corrected chi connectivity index (χ0v) is 11.9. The van der Waals surface area contributed by atoms with Crippen LogP contribution in [0.4, 0.5) is 5.82 Å². The molecule has 5 nitrogen and oxygen atoms in total. The maximum absolute atomic E-state index is 11.8. The van der Waals surface area contributed by atoms with Crippen molar-refractivity contribution in [3.63, 3.8) is 0 Å². The third-order valence-electron chi connectivity index (χ3n) is 3.31. The van der Waals surface area contributed by atoms with Gasteiger partial charge in [0.1, 0.15) is 11.6 Å². The molecule has 0 radical (unpaired) electrons. The Balaban J connectivity index is 1.62. The molecule has 0 atom stereocenters. The van der Waals surface area contributed by atoms with Crippen molar-refractivity contribution in [3.05, 3.63) is 40.5 Å². The second kappa shape index (κ2) is 6.00. The van der Waals surface area contributed by atoms with Crippen molar-refractivity contribution in [1.82, 2.24) is 15.3 Å². The van der Waals surface area contributed by atoms with Crippen LogP contribution in [0.25, 0.3) is 0 Å². The van der Waals surface area contributed by atoms with Crippen molar-refractivity contribution in [2.24, 2.45) is 0 Å². The lowest BCUT2D eigenvalue weighted by Crippen LogP contribution is -2.25. The highest BCUT2D eigenvalue weighted by Crippen LogP contribution is 2.16. The summed E-state index contributed by atoms with van der Waals surface area (Å²) in [5.74, 6) is 1.52. The monoisotopic (exact) mass is 288 g/mol. The van der Waals surface area contributed by atoms with Crippen LogP contribution < -0.4 is 10.2 Å². The molecular weight excluding hydrogens is 272 g/mol. The van der Waals surface area contributed by atoms with Crippen LogP contribution >= 0.6 is 11.3 Å². The molecule has 0 unspecified atom stereocenters. The van der Waals surface area contributed by atoms with Crippen LogP contribution in [0.5, 0.6) is 0 Å². The normalized spacial score (nSPS) is 14.5. The fourth-order valence-corrected chi connectivity index (χ4v) is 2.89. The fraction of sp³-hybridized carbons (Fsp3) is 0.357. The lowest BCUT2D eigenvalue weighted by atomic mass is 10.3. The summed E-state index contributed by atoms with van der Waals surface area (Å²) in [7, 11) is 0. The molecule has 0 aromatic carbocycles. The summed E-state index contributed by atoms with van der Waals surface area (Å²) < 4.78 is 0. The minimum atomic E-state index is -0.0820. The molecule has 1 fully saturated rings. The van der Waals surface area contributed by atoms with E-state index in [0.29, 0.717) is 17.9 Å². The lowest BCUT2D eigenvalue weighted by molar-refractivity contribution is 0.0950. The number of rotatable bonds is 4. The smallest absolute Gasteiger partial charge is 0.252 e. The highest BCUT2D eigenvalue weighted by atomic mass is 32.1. The van der Waals surface area contributed by atoms with Crippen LogP contribution in [0.15, 0.2) is 29.1 Å². The molecule has 2 aromatic rings. The zero-order valence-electron chi connectivity index (χ0n) is 11.1. The van der Waals surface area contributed by atoms with Gasteiger partial charge in [-0.1, -0.05) is 0 Å². The molecule has 0 aliphatic carbocycles. The van der Waals surface area contributed by atoms with Gasteiger partial charge < -0.3 is 10.2 Å². The zero-order chi connectivity index (χ0) is 13.8. The number of anilines is 1. The van der Waals surface area contributed by atoms with Crippen molar-refractivity contribution < 1.29 is 4.79 Å². The quantitative estimate of drug-likeness (QED) is 0.935. The molecule has 0 bridgehead atoms. The number of hydrogen-bond donors (Lipinski definition) is 1. The minimum absolute atomic E-state index is 0.0820. The highest BCUT2D eigenvalue weighted by Gasteiger charge is 2.14.